The Morgan fingerprint density at radius 2 is 1.97 bits per heavy atom. The molecule has 0 aliphatic carbocycles. The summed E-state index contributed by atoms with van der Waals surface area (Å²) in [5.74, 6) is -1.01. The first-order chi connectivity index (χ1) is 15.1. The molecule has 2 aromatic heterocycles. The highest BCUT2D eigenvalue weighted by Gasteiger charge is 2.32. The first-order valence-corrected chi connectivity index (χ1v) is 10.7. The number of hydrogen-bond donors (Lipinski definition) is 1. The fourth-order valence-corrected chi connectivity index (χ4v) is 4.93. The Kier molecular flexibility index (Phi) is 5.09. The number of carbonyl (C=O) groups is 1. The number of amides is 1. The zero-order valence-electron chi connectivity index (χ0n) is 17.0. The van der Waals surface area contributed by atoms with Gasteiger partial charge in [0.05, 0.1) is 36.0 Å². The van der Waals surface area contributed by atoms with E-state index in [2.05, 4.69) is 10.00 Å². The number of likely N-dealkylation sites (tertiary alicyclic amines) is 1. The van der Waals surface area contributed by atoms with E-state index in [0.29, 0.717) is 29.7 Å². The predicted octanol–water partition coefficient (Wildman–Crippen LogP) is 3.55. The number of halogens is 2. The Morgan fingerprint density at radius 1 is 1.13 bits per heavy atom. The molecule has 0 unspecified atom stereocenters. The van der Waals surface area contributed by atoms with E-state index in [9.17, 15) is 18.7 Å². The van der Waals surface area contributed by atoms with E-state index in [1.54, 1.807) is 21.8 Å². The quantitative estimate of drug-likeness (QED) is 0.693. The minimum absolute atomic E-state index is 0.0507. The number of fused-ring (bicyclic) bond motifs is 1. The summed E-state index contributed by atoms with van der Waals surface area (Å²) in [4.78, 5) is 16.9. The zero-order chi connectivity index (χ0) is 21.5. The van der Waals surface area contributed by atoms with E-state index in [1.165, 1.54) is 12.1 Å². The van der Waals surface area contributed by atoms with E-state index in [4.69, 9.17) is 0 Å². The number of rotatable bonds is 4. The maximum Gasteiger partial charge on any atom is 0.258 e. The molecule has 2 aliphatic heterocycles. The van der Waals surface area contributed by atoms with Gasteiger partial charge in [-0.25, -0.2) is 13.3 Å². The molecular formula is C23H24F2N4O2. The molecule has 2 saturated heterocycles. The van der Waals surface area contributed by atoms with Gasteiger partial charge in [0.1, 0.15) is 11.6 Å². The van der Waals surface area contributed by atoms with Crippen molar-refractivity contribution in [1.29, 1.82) is 0 Å². The van der Waals surface area contributed by atoms with Crippen molar-refractivity contribution in [1.82, 2.24) is 14.5 Å². The molecule has 162 valence electrons. The lowest BCUT2D eigenvalue weighted by Gasteiger charge is -2.28. The molecule has 1 N–H and O–H groups in total. The second-order valence-corrected chi connectivity index (χ2v) is 8.27. The summed E-state index contributed by atoms with van der Waals surface area (Å²) < 4.78 is 29.9. The molecule has 5 rings (SSSR count). The molecular weight excluding hydrogens is 402 g/mol. The van der Waals surface area contributed by atoms with E-state index < -0.39 is 11.6 Å². The number of anilines is 1. The van der Waals surface area contributed by atoms with E-state index in [-0.39, 0.29) is 24.6 Å². The second-order valence-electron chi connectivity index (χ2n) is 8.27. The van der Waals surface area contributed by atoms with Gasteiger partial charge in [-0.3, -0.25) is 4.79 Å². The van der Waals surface area contributed by atoms with Crippen LogP contribution in [0.4, 0.5) is 14.5 Å². The summed E-state index contributed by atoms with van der Waals surface area (Å²) in [6.45, 7) is 1.28. The van der Waals surface area contributed by atoms with Gasteiger partial charge in [-0.1, -0.05) is 0 Å². The van der Waals surface area contributed by atoms with Gasteiger partial charge in [0.15, 0.2) is 0 Å². The van der Waals surface area contributed by atoms with Crippen molar-refractivity contribution in [2.45, 2.75) is 37.8 Å². The van der Waals surface area contributed by atoms with Crippen LogP contribution in [-0.2, 0) is 0 Å². The molecule has 1 aromatic carbocycles. The van der Waals surface area contributed by atoms with Crippen LogP contribution in [0, 0.1) is 11.6 Å². The lowest BCUT2D eigenvalue weighted by atomic mass is 10.0. The van der Waals surface area contributed by atoms with Gasteiger partial charge in [-0.2, -0.15) is 5.10 Å². The number of hydrogen-bond acceptors (Lipinski definition) is 4. The van der Waals surface area contributed by atoms with Crippen LogP contribution < -0.4 is 4.90 Å². The minimum Gasteiger partial charge on any atom is -0.394 e. The number of aromatic nitrogens is 2. The van der Waals surface area contributed by atoms with Crippen LogP contribution in [0.5, 0.6) is 0 Å². The molecule has 0 saturated carbocycles. The molecule has 0 spiro atoms. The van der Waals surface area contributed by atoms with Gasteiger partial charge < -0.3 is 14.9 Å². The van der Waals surface area contributed by atoms with Gasteiger partial charge >= 0.3 is 0 Å². The molecule has 1 amide bonds. The van der Waals surface area contributed by atoms with E-state index in [0.717, 1.165) is 37.4 Å². The van der Waals surface area contributed by atoms with Gasteiger partial charge in [0, 0.05) is 30.5 Å². The van der Waals surface area contributed by atoms with Crippen molar-refractivity contribution in [2.75, 3.05) is 24.6 Å². The Bertz CT molecular complexity index is 1130. The normalized spacial score (nSPS) is 21.4. The third kappa shape index (κ3) is 3.44. The first-order valence-electron chi connectivity index (χ1n) is 10.7. The molecule has 2 atom stereocenters. The van der Waals surface area contributed by atoms with Crippen molar-refractivity contribution in [2.24, 2.45) is 0 Å². The summed E-state index contributed by atoms with van der Waals surface area (Å²) in [7, 11) is 0. The molecule has 6 nitrogen and oxygen atoms in total. The zero-order valence-corrected chi connectivity index (χ0v) is 17.0. The van der Waals surface area contributed by atoms with E-state index >= 15 is 0 Å². The topological polar surface area (TPSA) is 61.1 Å². The number of carbonyl (C=O) groups excluding carboxylic acids is 1. The molecule has 2 aliphatic rings. The van der Waals surface area contributed by atoms with Crippen LogP contribution >= 0.6 is 0 Å². The Labute approximate surface area is 178 Å². The Balaban J connectivity index is 1.50. The molecule has 4 heterocycles. The largest absolute Gasteiger partial charge is 0.394 e. The highest BCUT2D eigenvalue weighted by molar-refractivity contribution is 6.01. The maximum atomic E-state index is 14.4. The van der Waals surface area contributed by atoms with Crippen LogP contribution in [0.2, 0.25) is 0 Å². The van der Waals surface area contributed by atoms with Crippen LogP contribution in [0.3, 0.4) is 0 Å². The number of pyridine rings is 1. The average Bonchev–Trinajstić information content (AvgIpc) is 3.53. The van der Waals surface area contributed by atoms with Gasteiger partial charge in [0.25, 0.3) is 5.91 Å². The van der Waals surface area contributed by atoms with Crippen molar-refractivity contribution < 1.29 is 18.7 Å². The highest BCUT2D eigenvalue weighted by Crippen LogP contribution is 2.38. The SMILES string of the molecule is O=C(c1cnn2ccc(N3CCC[C@@H]3c3cc(F)ccc3F)cc12)N1CCC[C@H]1CO. The third-order valence-electron chi connectivity index (χ3n) is 6.49. The van der Waals surface area contributed by atoms with Gasteiger partial charge in [0.2, 0.25) is 0 Å². The summed E-state index contributed by atoms with van der Waals surface area (Å²) >= 11 is 0. The second kappa shape index (κ2) is 7.92. The predicted molar refractivity (Wildman–Crippen MR) is 112 cm³/mol. The molecule has 8 heteroatoms. The van der Waals surface area contributed by atoms with E-state index in [1.807, 2.05) is 12.1 Å². The summed E-state index contributed by atoms with van der Waals surface area (Å²) in [5.41, 5.74) is 2.34. The summed E-state index contributed by atoms with van der Waals surface area (Å²) in [6.07, 6.45) is 6.59. The standard InChI is InChI=1S/C23H24F2N4O2/c24-15-5-6-20(25)18(11-15)21-4-2-8-27(21)16-7-10-29-22(12-16)19(13-26-29)23(31)28-9-1-3-17(28)14-30/h5-7,10-13,17,21,30H,1-4,8-9,14H2/t17-,21+/m0/s1. The Hall–Kier alpha value is -3.00. The van der Waals surface area contributed by atoms with Crippen molar-refractivity contribution in [3.63, 3.8) is 0 Å². The van der Waals surface area contributed by atoms with Crippen LogP contribution in [0.15, 0.2) is 42.7 Å². The lowest BCUT2D eigenvalue weighted by Crippen LogP contribution is -2.37. The van der Waals surface area contributed by atoms with Crippen molar-refractivity contribution in [3.05, 3.63) is 65.5 Å². The van der Waals surface area contributed by atoms with Crippen LogP contribution in [0.1, 0.15) is 47.6 Å². The fourth-order valence-electron chi connectivity index (χ4n) is 4.93. The molecule has 31 heavy (non-hydrogen) atoms. The van der Waals surface area contributed by atoms with Crippen molar-refractivity contribution >= 4 is 17.1 Å². The average molecular weight is 426 g/mol. The highest BCUT2D eigenvalue weighted by atomic mass is 19.1. The molecule has 2 fully saturated rings. The van der Waals surface area contributed by atoms with Crippen molar-refractivity contribution in [3.8, 4) is 0 Å². The maximum absolute atomic E-state index is 14.4. The van der Waals surface area contributed by atoms with Gasteiger partial charge in [-0.15, -0.1) is 0 Å². The monoisotopic (exact) mass is 426 g/mol. The third-order valence-corrected chi connectivity index (χ3v) is 6.49. The minimum atomic E-state index is -0.452. The smallest absolute Gasteiger partial charge is 0.258 e. The lowest BCUT2D eigenvalue weighted by molar-refractivity contribution is 0.0679. The molecule has 3 aromatic rings. The molecule has 0 bridgehead atoms. The number of benzene rings is 1. The van der Waals surface area contributed by atoms with Crippen LogP contribution in [-0.4, -0.2) is 51.3 Å². The number of nitrogens with zero attached hydrogens (tertiary/aromatic N) is 4. The van der Waals surface area contributed by atoms with Gasteiger partial charge in [-0.05, 0) is 56.0 Å². The number of aliphatic hydroxyl groups excluding tert-OH is 1. The summed E-state index contributed by atoms with van der Waals surface area (Å²) in [6, 6.07) is 6.92. The fraction of sp³-hybridized carbons (Fsp3) is 0.391. The Morgan fingerprint density at radius 3 is 2.81 bits per heavy atom. The molecule has 0 radical (unpaired) electrons. The summed E-state index contributed by atoms with van der Waals surface area (Å²) in [5, 5.41) is 13.9. The first kappa shape index (κ1) is 19.9. The number of aliphatic hydroxyl groups is 1. The van der Waals surface area contributed by atoms with Crippen LogP contribution in [0.25, 0.3) is 5.52 Å².